The first-order chi connectivity index (χ1) is 7.46. The summed E-state index contributed by atoms with van der Waals surface area (Å²) in [5.41, 5.74) is -1.14. The zero-order valence-corrected chi connectivity index (χ0v) is 10.7. The molecule has 92 valence electrons. The maximum atomic E-state index is 11.4. The molecular formula is C10H16BrNO4. The molecule has 5 nitrogen and oxygen atoms in total. The number of hydrogen-bond donors (Lipinski definition) is 2. The lowest BCUT2D eigenvalue weighted by Crippen LogP contribution is -2.55. The highest BCUT2D eigenvalue weighted by Gasteiger charge is 2.41. The molecule has 1 aliphatic rings. The van der Waals surface area contributed by atoms with Gasteiger partial charge in [0.1, 0.15) is 5.54 Å². The summed E-state index contributed by atoms with van der Waals surface area (Å²) in [5.74, 6) is -0.980. The molecule has 0 heterocycles. The minimum atomic E-state index is -1.14. The molecule has 6 heteroatoms. The van der Waals surface area contributed by atoms with Crippen molar-refractivity contribution in [2.24, 2.45) is 0 Å². The van der Waals surface area contributed by atoms with Gasteiger partial charge in [0.25, 0.3) is 0 Å². The molecule has 1 amide bonds. The van der Waals surface area contributed by atoms with Crippen LogP contribution in [-0.4, -0.2) is 27.7 Å². The number of rotatable bonds is 3. The largest absolute Gasteiger partial charge is 0.480 e. The van der Waals surface area contributed by atoms with Crippen molar-refractivity contribution in [2.45, 2.75) is 49.6 Å². The van der Waals surface area contributed by atoms with E-state index < -0.39 is 22.6 Å². The third-order valence-electron chi connectivity index (χ3n) is 2.73. The van der Waals surface area contributed by atoms with Crippen molar-refractivity contribution in [1.29, 1.82) is 0 Å². The SMILES string of the molecule is CC(Br)OC(=O)NC1(C(=O)O)CCCCC1. The van der Waals surface area contributed by atoms with Crippen LogP contribution in [-0.2, 0) is 9.53 Å². The summed E-state index contributed by atoms with van der Waals surface area (Å²) in [6, 6.07) is 0. The van der Waals surface area contributed by atoms with Gasteiger partial charge in [-0.05, 0) is 35.7 Å². The van der Waals surface area contributed by atoms with Crippen LogP contribution in [0.3, 0.4) is 0 Å². The summed E-state index contributed by atoms with van der Waals surface area (Å²) in [4.78, 5) is 22.6. The Hall–Kier alpha value is -0.780. The molecule has 0 aliphatic heterocycles. The summed E-state index contributed by atoms with van der Waals surface area (Å²) in [6.07, 6.45) is 2.89. The van der Waals surface area contributed by atoms with Crippen LogP contribution in [0.5, 0.6) is 0 Å². The van der Waals surface area contributed by atoms with E-state index in [1.54, 1.807) is 6.92 Å². The summed E-state index contributed by atoms with van der Waals surface area (Å²) >= 11 is 3.06. The van der Waals surface area contributed by atoms with Gasteiger partial charge in [0.15, 0.2) is 5.01 Å². The van der Waals surface area contributed by atoms with Gasteiger partial charge >= 0.3 is 12.1 Å². The predicted molar refractivity (Wildman–Crippen MR) is 61.5 cm³/mol. The Kier molecular flexibility index (Phi) is 4.58. The van der Waals surface area contributed by atoms with Gasteiger partial charge in [-0.15, -0.1) is 0 Å². The second kappa shape index (κ2) is 5.52. The van der Waals surface area contributed by atoms with Crippen molar-refractivity contribution in [3.05, 3.63) is 0 Å². The number of nitrogens with one attached hydrogen (secondary N) is 1. The van der Waals surface area contributed by atoms with E-state index in [1.165, 1.54) is 0 Å². The van der Waals surface area contributed by atoms with Gasteiger partial charge in [0.05, 0.1) is 0 Å². The first-order valence-corrected chi connectivity index (χ1v) is 6.24. The number of hydrogen-bond acceptors (Lipinski definition) is 3. The molecule has 0 spiro atoms. The predicted octanol–water partition coefficient (Wildman–Crippen LogP) is 2.24. The molecule has 1 unspecified atom stereocenters. The summed E-state index contributed by atoms with van der Waals surface area (Å²) in [5, 5.41) is 11.2. The van der Waals surface area contributed by atoms with E-state index in [-0.39, 0.29) is 0 Å². The van der Waals surface area contributed by atoms with Crippen LogP contribution in [0.4, 0.5) is 4.79 Å². The van der Waals surface area contributed by atoms with E-state index >= 15 is 0 Å². The summed E-state index contributed by atoms with van der Waals surface area (Å²) in [6.45, 7) is 1.65. The molecule has 1 aliphatic carbocycles. The van der Waals surface area contributed by atoms with Crippen molar-refractivity contribution in [1.82, 2.24) is 5.32 Å². The Morgan fingerprint density at radius 3 is 2.38 bits per heavy atom. The maximum absolute atomic E-state index is 11.4. The summed E-state index contributed by atoms with van der Waals surface area (Å²) in [7, 11) is 0. The molecule has 16 heavy (non-hydrogen) atoms. The van der Waals surface area contributed by atoms with Gasteiger partial charge in [0, 0.05) is 0 Å². The van der Waals surface area contributed by atoms with Crippen molar-refractivity contribution >= 4 is 28.0 Å². The number of alkyl halides is 1. The lowest BCUT2D eigenvalue weighted by atomic mass is 9.82. The minimum Gasteiger partial charge on any atom is -0.480 e. The highest BCUT2D eigenvalue weighted by molar-refractivity contribution is 9.09. The van der Waals surface area contributed by atoms with Crippen LogP contribution >= 0.6 is 15.9 Å². The quantitative estimate of drug-likeness (QED) is 0.783. The van der Waals surface area contributed by atoms with Crippen LogP contribution in [0, 0.1) is 0 Å². The number of carbonyl (C=O) groups is 2. The molecule has 0 radical (unpaired) electrons. The van der Waals surface area contributed by atoms with Gasteiger partial charge in [0.2, 0.25) is 0 Å². The number of carbonyl (C=O) groups excluding carboxylic acids is 1. The van der Waals surface area contributed by atoms with E-state index in [0.717, 1.165) is 19.3 Å². The number of alkyl carbamates (subject to hydrolysis) is 1. The fraction of sp³-hybridized carbons (Fsp3) is 0.800. The zero-order chi connectivity index (χ0) is 12.2. The molecule has 0 aromatic rings. The van der Waals surface area contributed by atoms with Crippen LogP contribution < -0.4 is 5.32 Å². The topological polar surface area (TPSA) is 75.6 Å². The molecule has 0 saturated heterocycles. The zero-order valence-electron chi connectivity index (χ0n) is 9.16. The third-order valence-corrected chi connectivity index (χ3v) is 2.91. The lowest BCUT2D eigenvalue weighted by Gasteiger charge is -2.33. The fourth-order valence-corrected chi connectivity index (χ4v) is 2.09. The molecule has 0 aromatic carbocycles. The number of carboxylic acids is 1. The van der Waals surface area contributed by atoms with E-state index in [9.17, 15) is 14.7 Å². The van der Waals surface area contributed by atoms with Gasteiger partial charge < -0.3 is 15.2 Å². The van der Waals surface area contributed by atoms with Crippen LogP contribution in [0.1, 0.15) is 39.0 Å². The van der Waals surface area contributed by atoms with Gasteiger partial charge in [-0.1, -0.05) is 19.3 Å². The van der Waals surface area contributed by atoms with Crippen LogP contribution in [0.15, 0.2) is 0 Å². The Bertz CT molecular complexity index is 274. The van der Waals surface area contributed by atoms with E-state index in [4.69, 9.17) is 4.74 Å². The normalized spacial score (nSPS) is 20.9. The standard InChI is InChI=1S/C10H16BrNO4/c1-7(11)16-9(15)12-10(8(13)14)5-3-2-4-6-10/h7H,2-6H2,1H3,(H,12,15)(H,13,14). The number of aliphatic carboxylic acids is 1. The second-order valence-electron chi connectivity index (χ2n) is 4.02. The Morgan fingerprint density at radius 1 is 1.38 bits per heavy atom. The number of ether oxygens (including phenoxy) is 1. The molecule has 1 atom stereocenters. The first kappa shape index (κ1) is 13.3. The van der Waals surface area contributed by atoms with Crippen LogP contribution in [0.25, 0.3) is 0 Å². The molecule has 1 fully saturated rings. The van der Waals surface area contributed by atoms with E-state index in [1.807, 2.05) is 0 Å². The maximum Gasteiger partial charge on any atom is 0.409 e. The van der Waals surface area contributed by atoms with Crippen molar-refractivity contribution in [3.63, 3.8) is 0 Å². The Balaban J connectivity index is 2.64. The van der Waals surface area contributed by atoms with Gasteiger partial charge in [-0.2, -0.15) is 0 Å². The van der Waals surface area contributed by atoms with Gasteiger partial charge in [-0.25, -0.2) is 9.59 Å². The molecule has 0 aromatic heterocycles. The van der Waals surface area contributed by atoms with E-state index in [2.05, 4.69) is 21.2 Å². The molecule has 0 bridgehead atoms. The Labute approximate surface area is 103 Å². The average molecular weight is 294 g/mol. The van der Waals surface area contributed by atoms with E-state index in [0.29, 0.717) is 12.8 Å². The highest BCUT2D eigenvalue weighted by atomic mass is 79.9. The van der Waals surface area contributed by atoms with Crippen LogP contribution in [0.2, 0.25) is 0 Å². The average Bonchev–Trinajstić information content (AvgIpc) is 2.17. The number of carboxylic acid groups (broad SMARTS) is 1. The van der Waals surface area contributed by atoms with Crippen molar-refractivity contribution in [3.8, 4) is 0 Å². The molecular weight excluding hydrogens is 278 g/mol. The van der Waals surface area contributed by atoms with Crippen molar-refractivity contribution < 1.29 is 19.4 Å². The lowest BCUT2D eigenvalue weighted by molar-refractivity contribution is -0.146. The smallest absolute Gasteiger partial charge is 0.409 e. The fourth-order valence-electron chi connectivity index (χ4n) is 1.92. The molecule has 2 N–H and O–H groups in total. The minimum absolute atomic E-state index is 0.429. The number of halogens is 1. The molecule has 1 saturated carbocycles. The molecule has 1 rings (SSSR count). The third kappa shape index (κ3) is 3.37. The van der Waals surface area contributed by atoms with Crippen molar-refractivity contribution in [2.75, 3.05) is 0 Å². The second-order valence-corrected chi connectivity index (χ2v) is 5.31. The summed E-state index contributed by atoms with van der Waals surface area (Å²) < 4.78 is 4.83. The monoisotopic (exact) mass is 293 g/mol. The number of amides is 1. The first-order valence-electron chi connectivity index (χ1n) is 5.32. The van der Waals surface area contributed by atoms with Gasteiger partial charge in [-0.3, -0.25) is 0 Å². The highest BCUT2D eigenvalue weighted by Crippen LogP contribution is 2.28. The Morgan fingerprint density at radius 2 is 1.94 bits per heavy atom.